The van der Waals surface area contributed by atoms with Crippen molar-refractivity contribution < 1.29 is 19.1 Å². The van der Waals surface area contributed by atoms with Crippen molar-refractivity contribution in [3.05, 3.63) is 44.9 Å². The van der Waals surface area contributed by atoms with Crippen molar-refractivity contribution in [1.82, 2.24) is 15.2 Å². The number of nitrogens with one attached hydrogen (secondary N) is 1. The minimum Gasteiger partial charge on any atom is -0.491 e. The van der Waals surface area contributed by atoms with Crippen molar-refractivity contribution in [2.24, 2.45) is 0 Å². The molecule has 28 heavy (non-hydrogen) atoms. The first-order valence-corrected chi connectivity index (χ1v) is 10.00. The predicted molar refractivity (Wildman–Crippen MR) is 107 cm³/mol. The standard InChI is InChI=1S/C20H25N3O4S/c1-12-11-27-17-6-5-15(19(24)21-7-8-26-4)9-16(17)10-23(12)20(25)18-13(2)22-14(3)28-18/h5-6,9,12H,7-8,10-11H2,1-4H3,(H,21,24)/t12-/m0/s1. The number of hydrogen-bond acceptors (Lipinski definition) is 6. The molecule has 0 radical (unpaired) electrons. The Hall–Kier alpha value is -2.45. The number of carbonyl (C=O) groups excluding carboxylic acids is 2. The number of methoxy groups -OCH3 is 1. The summed E-state index contributed by atoms with van der Waals surface area (Å²) in [6.45, 7) is 7.38. The van der Waals surface area contributed by atoms with Crippen LogP contribution < -0.4 is 10.1 Å². The fourth-order valence-corrected chi connectivity index (χ4v) is 4.00. The summed E-state index contributed by atoms with van der Waals surface area (Å²) in [6.07, 6.45) is 0. The summed E-state index contributed by atoms with van der Waals surface area (Å²) in [5.41, 5.74) is 2.09. The maximum absolute atomic E-state index is 13.1. The van der Waals surface area contributed by atoms with Gasteiger partial charge in [-0.2, -0.15) is 0 Å². The van der Waals surface area contributed by atoms with E-state index in [2.05, 4.69) is 10.3 Å². The lowest BCUT2D eigenvalue weighted by Crippen LogP contribution is -2.39. The SMILES string of the molecule is COCCNC(=O)c1ccc2c(c1)CN(C(=O)c1sc(C)nc1C)[C@@H](C)CO2. The Morgan fingerprint density at radius 2 is 2.18 bits per heavy atom. The zero-order valence-corrected chi connectivity index (χ0v) is 17.4. The molecule has 0 saturated carbocycles. The molecule has 2 amide bonds. The molecule has 0 unspecified atom stereocenters. The number of fused-ring (bicyclic) bond motifs is 1. The Morgan fingerprint density at radius 3 is 2.86 bits per heavy atom. The van der Waals surface area contributed by atoms with Gasteiger partial charge in [-0.05, 0) is 39.0 Å². The molecule has 1 aromatic carbocycles. The molecule has 1 atom stereocenters. The van der Waals surface area contributed by atoms with Crippen LogP contribution in [0, 0.1) is 13.8 Å². The second-order valence-electron chi connectivity index (χ2n) is 6.81. The van der Waals surface area contributed by atoms with Gasteiger partial charge in [-0.3, -0.25) is 9.59 Å². The highest BCUT2D eigenvalue weighted by atomic mass is 32.1. The van der Waals surface area contributed by atoms with Gasteiger partial charge in [-0.25, -0.2) is 4.98 Å². The number of aryl methyl sites for hydroxylation is 2. The van der Waals surface area contributed by atoms with Gasteiger partial charge >= 0.3 is 0 Å². The number of rotatable bonds is 5. The van der Waals surface area contributed by atoms with Gasteiger partial charge in [0.25, 0.3) is 11.8 Å². The van der Waals surface area contributed by atoms with E-state index in [1.807, 2.05) is 20.8 Å². The Balaban J connectivity index is 1.84. The fraction of sp³-hybridized carbons (Fsp3) is 0.450. The minimum absolute atomic E-state index is 0.0537. The number of thiazole rings is 1. The second kappa shape index (κ2) is 8.70. The topological polar surface area (TPSA) is 80.8 Å². The molecule has 1 aromatic heterocycles. The van der Waals surface area contributed by atoms with Crippen LogP contribution in [-0.4, -0.2) is 54.6 Å². The summed E-state index contributed by atoms with van der Waals surface area (Å²) in [5, 5.41) is 3.68. The average Bonchev–Trinajstić information content (AvgIpc) is 2.92. The number of hydrogen-bond donors (Lipinski definition) is 1. The maximum atomic E-state index is 13.1. The predicted octanol–water partition coefficient (Wildman–Crippen LogP) is 2.56. The van der Waals surface area contributed by atoms with Crippen LogP contribution in [0.5, 0.6) is 5.75 Å². The average molecular weight is 404 g/mol. The van der Waals surface area contributed by atoms with Crippen molar-refractivity contribution in [3.8, 4) is 5.75 Å². The van der Waals surface area contributed by atoms with Crippen LogP contribution in [0.25, 0.3) is 0 Å². The van der Waals surface area contributed by atoms with Crippen LogP contribution in [0.2, 0.25) is 0 Å². The van der Waals surface area contributed by atoms with Crippen molar-refractivity contribution in [1.29, 1.82) is 0 Å². The number of nitrogens with zero attached hydrogens (tertiary/aromatic N) is 2. The summed E-state index contributed by atoms with van der Waals surface area (Å²) in [5.74, 6) is 0.471. The normalized spacial score (nSPS) is 16.1. The first-order valence-electron chi connectivity index (χ1n) is 9.18. The summed E-state index contributed by atoms with van der Waals surface area (Å²) in [6, 6.07) is 5.23. The molecular formula is C20H25N3O4S. The van der Waals surface area contributed by atoms with Crippen molar-refractivity contribution in [2.75, 3.05) is 26.9 Å². The summed E-state index contributed by atoms with van der Waals surface area (Å²) in [4.78, 5) is 32.3. The number of benzene rings is 1. The van der Waals surface area contributed by atoms with Gasteiger partial charge in [0.15, 0.2) is 0 Å². The molecule has 7 nitrogen and oxygen atoms in total. The first-order chi connectivity index (χ1) is 13.4. The number of amides is 2. The third-order valence-electron chi connectivity index (χ3n) is 4.63. The van der Waals surface area contributed by atoms with Crippen molar-refractivity contribution >= 4 is 23.2 Å². The Kier molecular flexibility index (Phi) is 6.31. The zero-order chi connectivity index (χ0) is 20.3. The second-order valence-corrected chi connectivity index (χ2v) is 8.01. The van der Waals surface area contributed by atoms with Gasteiger partial charge in [-0.1, -0.05) is 0 Å². The number of aromatic nitrogens is 1. The van der Waals surface area contributed by atoms with E-state index in [-0.39, 0.29) is 17.9 Å². The van der Waals surface area contributed by atoms with E-state index < -0.39 is 0 Å². The third kappa shape index (κ3) is 4.34. The molecular weight excluding hydrogens is 378 g/mol. The Labute approximate surface area is 168 Å². The highest BCUT2D eigenvalue weighted by Gasteiger charge is 2.29. The van der Waals surface area contributed by atoms with Crippen LogP contribution in [0.1, 0.15) is 43.2 Å². The first kappa shape index (κ1) is 20.3. The zero-order valence-electron chi connectivity index (χ0n) is 16.6. The molecule has 0 saturated heterocycles. The quantitative estimate of drug-likeness (QED) is 0.776. The van der Waals surface area contributed by atoms with Crippen LogP contribution in [0.15, 0.2) is 18.2 Å². The van der Waals surface area contributed by atoms with Gasteiger partial charge in [-0.15, -0.1) is 11.3 Å². The molecule has 0 aliphatic carbocycles. The van der Waals surface area contributed by atoms with E-state index in [1.54, 1.807) is 30.2 Å². The van der Waals surface area contributed by atoms with E-state index in [0.717, 1.165) is 16.3 Å². The van der Waals surface area contributed by atoms with Gasteiger partial charge < -0.3 is 19.7 Å². The largest absolute Gasteiger partial charge is 0.491 e. The van der Waals surface area contributed by atoms with Crippen LogP contribution in [0.4, 0.5) is 0 Å². The maximum Gasteiger partial charge on any atom is 0.266 e. The lowest BCUT2D eigenvalue weighted by molar-refractivity contribution is 0.0649. The third-order valence-corrected chi connectivity index (χ3v) is 5.69. The van der Waals surface area contributed by atoms with Crippen LogP contribution >= 0.6 is 11.3 Å². The van der Waals surface area contributed by atoms with Gasteiger partial charge in [0.05, 0.1) is 29.9 Å². The lowest BCUT2D eigenvalue weighted by Gasteiger charge is -2.26. The van der Waals surface area contributed by atoms with E-state index in [1.165, 1.54) is 11.3 Å². The van der Waals surface area contributed by atoms with Gasteiger partial charge in [0.1, 0.15) is 17.2 Å². The van der Waals surface area contributed by atoms with Crippen molar-refractivity contribution in [3.63, 3.8) is 0 Å². The van der Waals surface area contributed by atoms with E-state index >= 15 is 0 Å². The minimum atomic E-state index is -0.177. The van der Waals surface area contributed by atoms with Crippen molar-refractivity contribution in [2.45, 2.75) is 33.4 Å². The lowest BCUT2D eigenvalue weighted by atomic mass is 10.1. The molecule has 1 aliphatic heterocycles. The highest BCUT2D eigenvalue weighted by Crippen LogP contribution is 2.29. The summed E-state index contributed by atoms with van der Waals surface area (Å²) in [7, 11) is 1.59. The highest BCUT2D eigenvalue weighted by molar-refractivity contribution is 7.13. The van der Waals surface area contributed by atoms with Gasteiger partial charge in [0, 0.05) is 24.8 Å². The molecule has 2 aromatic rings. The smallest absolute Gasteiger partial charge is 0.266 e. The van der Waals surface area contributed by atoms with Gasteiger partial charge in [0.2, 0.25) is 0 Å². The summed E-state index contributed by atoms with van der Waals surface area (Å²) < 4.78 is 10.8. The molecule has 2 heterocycles. The van der Waals surface area contributed by atoms with E-state index in [4.69, 9.17) is 9.47 Å². The van der Waals surface area contributed by atoms with E-state index in [9.17, 15) is 9.59 Å². The molecule has 3 rings (SSSR count). The van der Waals surface area contributed by atoms with Crippen LogP contribution in [-0.2, 0) is 11.3 Å². The molecule has 8 heteroatoms. The van der Waals surface area contributed by atoms with Crippen LogP contribution in [0.3, 0.4) is 0 Å². The Morgan fingerprint density at radius 1 is 1.39 bits per heavy atom. The fourth-order valence-electron chi connectivity index (χ4n) is 3.13. The molecule has 0 bridgehead atoms. The molecule has 1 N–H and O–H groups in total. The molecule has 150 valence electrons. The monoisotopic (exact) mass is 403 g/mol. The summed E-state index contributed by atoms with van der Waals surface area (Å²) >= 11 is 1.41. The molecule has 0 fully saturated rings. The number of ether oxygens (including phenoxy) is 2. The van der Waals surface area contributed by atoms with E-state index in [0.29, 0.717) is 42.5 Å². The molecule has 0 spiro atoms. The molecule has 1 aliphatic rings. The number of carbonyl (C=O) groups is 2. The Bertz CT molecular complexity index is 880.